The molecule has 27 heavy (non-hydrogen) atoms. The summed E-state index contributed by atoms with van der Waals surface area (Å²) >= 11 is 0. The minimum Gasteiger partial charge on any atom is -0.416 e. The van der Waals surface area contributed by atoms with Crippen molar-refractivity contribution in [2.45, 2.75) is 116 Å². The minimum atomic E-state index is -1.75. The van der Waals surface area contributed by atoms with E-state index in [1.165, 1.54) is 69.8 Å². The Morgan fingerprint density at radius 1 is 0.963 bits per heavy atom. The van der Waals surface area contributed by atoms with Gasteiger partial charge in [-0.3, -0.25) is 0 Å². The predicted molar refractivity (Wildman–Crippen MR) is 120 cm³/mol. The Hall–Kier alpha value is -0.123. The Labute approximate surface area is 170 Å². The summed E-state index contributed by atoms with van der Waals surface area (Å²) in [5.74, 6) is 1.62. The minimum absolute atomic E-state index is 0.197. The van der Waals surface area contributed by atoms with Crippen molar-refractivity contribution in [1.82, 2.24) is 0 Å². The van der Waals surface area contributed by atoms with Crippen molar-refractivity contribution in [3.05, 3.63) is 12.2 Å². The molecule has 2 saturated carbocycles. The zero-order valence-corrected chi connectivity index (χ0v) is 19.9. The van der Waals surface area contributed by atoms with Gasteiger partial charge in [0.25, 0.3) is 0 Å². The Bertz CT molecular complexity index is 453. The van der Waals surface area contributed by atoms with Gasteiger partial charge >= 0.3 is 0 Å². The van der Waals surface area contributed by atoms with Gasteiger partial charge in [-0.1, -0.05) is 71.4 Å². The fourth-order valence-corrected chi connectivity index (χ4v) is 5.77. The molecule has 0 radical (unpaired) electrons. The van der Waals surface area contributed by atoms with Gasteiger partial charge in [-0.25, -0.2) is 0 Å². The summed E-state index contributed by atoms with van der Waals surface area (Å²) in [5.41, 5.74) is 1.26. The van der Waals surface area contributed by atoms with Crippen LogP contribution in [0.2, 0.25) is 18.1 Å². The molecule has 0 aromatic rings. The molecule has 2 atom stereocenters. The van der Waals surface area contributed by atoms with E-state index in [9.17, 15) is 5.11 Å². The third-order valence-electron chi connectivity index (χ3n) is 7.84. The summed E-state index contributed by atoms with van der Waals surface area (Å²) in [7, 11) is -1.75. The van der Waals surface area contributed by atoms with Crippen LogP contribution in [0.25, 0.3) is 0 Å². The number of aliphatic hydroxyl groups excluding tert-OH is 1. The fraction of sp³-hybridized carbons (Fsp3) is 0.917. The van der Waals surface area contributed by atoms with Gasteiger partial charge in [0.15, 0.2) is 8.32 Å². The van der Waals surface area contributed by atoms with Crippen LogP contribution in [0.3, 0.4) is 0 Å². The highest BCUT2D eigenvalue weighted by Crippen LogP contribution is 2.40. The molecule has 0 saturated heterocycles. The molecule has 0 heterocycles. The predicted octanol–water partition coefficient (Wildman–Crippen LogP) is 7.09. The highest BCUT2D eigenvalue weighted by Gasteiger charge is 2.39. The van der Waals surface area contributed by atoms with E-state index >= 15 is 0 Å². The molecule has 0 aromatic heterocycles. The molecule has 0 aliphatic heterocycles. The standard InChI is InChI=1S/C24H46O2Si/c1-19(17-23(25)21-15-11-8-12-16-21)22(20-13-9-7-10-14-20)18-26-27(5,6)24(2,3)4/h20-23,25H,1,7-18H2,2-6H3/t22-,23+/m1/s1. The number of rotatable bonds is 8. The smallest absolute Gasteiger partial charge is 0.192 e. The maximum Gasteiger partial charge on any atom is 0.192 e. The Balaban J connectivity index is 2.01. The highest BCUT2D eigenvalue weighted by atomic mass is 28.4. The molecule has 3 heteroatoms. The topological polar surface area (TPSA) is 29.5 Å². The SMILES string of the molecule is C=C(C[C@H](O)C1CCCCC1)[C@@H](CO[Si](C)(C)C(C)(C)C)C1CCCCC1. The van der Waals surface area contributed by atoms with E-state index in [2.05, 4.69) is 40.4 Å². The van der Waals surface area contributed by atoms with Gasteiger partial charge in [-0.15, -0.1) is 0 Å². The maximum absolute atomic E-state index is 10.9. The van der Waals surface area contributed by atoms with Gasteiger partial charge in [0.2, 0.25) is 0 Å². The summed E-state index contributed by atoms with van der Waals surface area (Å²) in [6.07, 6.45) is 13.6. The van der Waals surface area contributed by atoms with Crippen molar-refractivity contribution in [1.29, 1.82) is 0 Å². The molecule has 0 amide bonds. The first-order chi connectivity index (χ1) is 12.6. The van der Waals surface area contributed by atoms with Gasteiger partial charge in [-0.2, -0.15) is 0 Å². The lowest BCUT2D eigenvalue weighted by Crippen LogP contribution is -2.43. The van der Waals surface area contributed by atoms with Crippen molar-refractivity contribution in [3.63, 3.8) is 0 Å². The molecule has 0 unspecified atom stereocenters. The molecule has 1 N–H and O–H groups in total. The largest absolute Gasteiger partial charge is 0.416 e. The second-order valence-corrected chi connectivity index (χ2v) is 15.7. The second kappa shape index (κ2) is 10.1. The summed E-state index contributed by atoms with van der Waals surface area (Å²) in [6.45, 7) is 17.0. The zero-order chi connectivity index (χ0) is 20.1. The van der Waals surface area contributed by atoms with E-state index in [4.69, 9.17) is 4.43 Å². The van der Waals surface area contributed by atoms with Crippen LogP contribution >= 0.6 is 0 Å². The molecule has 2 aliphatic carbocycles. The third kappa shape index (κ3) is 6.71. The summed E-state index contributed by atoms with van der Waals surface area (Å²) in [5, 5.41) is 11.1. The maximum atomic E-state index is 10.9. The second-order valence-electron chi connectivity index (χ2n) is 10.9. The average molecular weight is 395 g/mol. The van der Waals surface area contributed by atoms with Crippen LogP contribution in [0.5, 0.6) is 0 Å². The average Bonchev–Trinajstić information content (AvgIpc) is 2.62. The van der Waals surface area contributed by atoms with Crippen LogP contribution in [-0.2, 0) is 4.43 Å². The van der Waals surface area contributed by atoms with Crippen LogP contribution in [0.1, 0.15) is 91.4 Å². The van der Waals surface area contributed by atoms with E-state index in [0.717, 1.165) is 13.0 Å². The molecule has 2 aliphatic rings. The molecule has 2 rings (SSSR count). The van der Waals surface area contributed by atoms with Crippen LogP contribution < -0.4 is 0 Å². The van der Waals surface area contributed by atoms with Crippen LogP contribution in [0.4, 0.5) is 0 Å². The lowest BCUT2D eigenvalue weighted by molar-refractivity contribution is 0.0777. The molecule has 0 aromatic carbocycles. The summed E-state index contributed by atoms with van der Waals surface area (Å²) < 4.78 is 6.65. The number of hydrogen-bond acceptors (Lipinski definition) is 2. The Morgan fingerprint density at radius 3 is 1.93 bits per heavy atom. The Kier molecular flexibility index (Phi) is 8.64. The Morgan fingerprint density at radius 2 is 1.44 bits per heavy atom. The fourth-order valence-electron chi connectivity index (χ4n) is 4.74. The van der Waals surface area contributed by atoms with E-state index in [1.54, 1.807) is 0 Å². The van der Waals surface area contributed by atoms with Gasteiger partial charge in [0.05, 0.1) is 6.10 Å². The highest BCUT2D eigenvalue weighted by molar-refractivity contribution is 6.74. The first kappa shape index (κ1) is 23.2. The zero-order valence-electron chi connectivity index (χ0n) is 18.9. The van der Waals surface area contributed by atoms with E-state index < -0.39 is 8.32 Å². The van der Waals surface area contributed by atoms with Crippen LogP contribution in [0.15, 0.2) is 12.2 Å². The molecule has 2 fully saturated rings. The lowest BCUT2D eigenvalue weighted by atomic mass is 9.74. The van der Waals surface area contributed by atoms with Gasteiger partial charge in [0.1, 0.15) is 0 Å². The molecule has 0 bridgehead atoms. The van der Waals surface area contributed by atoms with Gasteiger partial charge in [0, 0.05) is 12.5 Å². The lowest BCUT2D eigenvalue weighted by Gasteiger charge is -2.40. The van der Waals surface area contributed by atoms with Crippen molar-refractivity contribution in [2.75, 3.05) is 6.61 Å². The van der Waals surface area contributed by atoms with Crippen molar-refractivity contribution in [3.8, 4) is 0 Å². The van der Waals surface area contributed by atoms with Gasteiger partial charge < -0.3 is 9.53 Å². The summed E-state index contributed by atoms with van der Waals surface area (Å²) in [6, 6.07) is 0. The van der Waals surface area contributed by atoms with Gasteiger partial charge in [-0.05, 0) is 62.1 Å². The molecular formula is C24H46O2Si. The monoisotopic (exact) mass is 394 g/mol. The summed E-state index contributed by atoms with van der Waals surface area (Å²) in [4.78, 5) is 0. The van der Waals surface area contributed by atoms with Crippen molar-refractivity contribution >= 4 is 8.32 Å². The normalized spacial score (nSPS) is 23.2. The molecule has 2 nitrogen and oxygen atoms in total. The van der Waals surface area contributed by atoms with Crippen LogP contribution in [0, 0.1) is 17.8 Å². The van der Waals surface area contributed by atoms with Crippen LogP contribution in [-0.4, -0.2) is 26.1 Å². The quantitative estimate of drug-likeness (QED) is 0.351. The number of hydrogen-bond donors (Lipinski definition) is 1. The third-order valence-corrected chi connectivity index (χ3v) is 12.3. The van der Waals surface area contributed by atoms with Crippen molar-refractivity contribution < 1.29 is 9.53 Å². The molecular weight excluding hydrogens is 348 g/mol. The van der Waals surface area contributed by atoms with E-state index in [0.29, 0.717) is 17.8 Å². The van der Waals surface area contributed by atoms with E-state index in [-0.39, 0.29) is 11.1 Å². The molecule has 0 spiro atoms. The number of aliphatic hydroxyl groups is 1. The first-order valence-electron chi connectivity index (χ1n) is 11.6. The van der Waals surface area contributed by atoms with E-state index in [1.807, 2.05) is 0 Å². The van der Waals surface area contributed by atoms with Crippen molar-refractivity contribution in [2.24, 2.45) is 17.8 Å². The first-order valence-corrected chi connectivity index (χ1v) is 14.5. The molecule has 158 valence electrons.